The smallest absolute Gasteiger partial charge is 0.264 e. The number of hydrogen-bond acceptors (Lipinski definition) is 7. The number of primary amides is 1. The Morgan fingerprint density at radius 1 is 1.36 bits per heavy atom. The number of amides is 2. The standard InChI is InChI=1S/C13H14N4O4S/c1-20-10-4-8(2-3-9(10)21-7-12(14)18)5-15-13(19)11-6-16-17-22-11/h2-4,6H,5,7H2,1H3,(H2,14,18)(H,15,19). The number of ether oxygens (including phenoxy) is 2. The molecule has 2 rings (SSSR count). The first-order valence-corrected chi connectivity index (χ1v) is 7.01. The van der Waals surface area contributed by atoms with Crippen molar-refractivity contribution in [3.05, 3.63) is 34.8 Å². The number of benzene rings is 1. The van der Waals surface area contributed by atoms with Crippen molar-refractivity contribution < 1.29 is 19.1 Å². The summed E-state index contributed by atoms with van der Waals surface area (Å²) in [6.07, 6.45) is 1.40. The predicted octanol–water partition coefficient (Wildman–Crippen LogP) is 0.341. The molecule has 1 aromatic heterocycles. The van der Waals surface area contributed by atoms with E-state index >= 15 is 0 Å². The van der Waals surface area contributed by atoms with E-state index in [0.717, 1.165) is 17.1 Å². The highest BCUT2D eigenvalue weighted by Crippen LogP contribution is 2.28. The van der Waals surface area contributed by atoms with Gasteiger partial charge in [-0.1, -0.05) is 10.6 Å². The molecule has 22 heavy (non-hydrogen) atoms. The Hall–Kier alpha value is -2.68. The normalized spacial score (nSPS) is 10.0. The molecule has 2 amide bonds. The van der Waals surface area contributed by atoms with Crippen LogP contribution in [-0.4, -0.2) is 35.1 Å². The Balaban J connectivity index is 2.00. The van der Waals surface area contributed by atoms with Crippen LogP contribution in [0.2, 0.25) is 0 Å². The van der Waals surface area contributed by atoms with Crippen LogP contribution in [0.15, 0.2) is 24.4 Å². The molecule has 0 saturated carbocycles. The summed E-state index contributed by atoms with van der Waals surface area (Å²) in [5, 5.41) is 6.35. The first kappa shape index (κ1) is 15.7. The molecule has 0 atom stereocenters. The van der Waals surface area contributed by atoms with Crippen LogP contribution >= 0.6 is 11.5 Å². The molecule has 0 radical (unpaired) electrons. The SMILES string of the molecule is COc1cc(CNC(=O)c2cnns2)ccc1OCC(N)=O. The minimum atomic E-state index is -0.573. The molecular weight excluding hydrogens is 308 g/mol. The van der Waals surface area contributed by atoms with Crippen LogP contribution < -0.4 is 20.5 Å². The Morgan fingerprint density at radius 3 is 2.82 bits per heavy atom. The molecule has 1 heterocycles. The van der Waals surface area contributed by atoms with E-state index in [1.807, 2.05) is 0 Å². The van der Waals surface area contributed by atoms with Crippen molar-refractivity contribution >= 4 is 23.3 Å². The third kappa shape index (κ3) is 4.16. The number of carbonyl (C=O) groups is 2. The third-order valence-electron chi connectivity index (χ3n) is 2.64. The summed E-state index contributed by atoms with van der Waals surface area (Å²) >= 11 is 1.02. The second-order valence-electron chi connectivity index (χ2n) is 4.20. The van der Waals surface area contributed by atoms with Gasteiger partial charge in [0, 0.05) is 6.54 Å². The molecule has 3 N–H and O–H groups in total. The average molecular weight is 322 g/mol. The van der Waals surface area contributed by atoms with Gasteiger partial charge in [0.25, 0.3) is 11.8 Å². The highest BCUT2D eigenvalue weighted by atomic mass is 32.1. The van der Waals surface area contributed by atoms with Gasteiger partial charge in [0.1, 0.15) is 4.88 Å². The Kier molecular flexibility index (Phi) is 5.26. The lowest BCUT2D eigenvalue weighted by atomic mass is 10.2. The summed E-state index contributed by atoms with van der Waals surface area (Å²) < 4.78 is 14.0. The second kappa shape index (κ2) is 7.36. The fraction of sp³-hybridized carbons (Fsp3) is 0.231. The quantitative estimate of drug-likeness (QED) is 0.759. The molecule has 1 aromatic carbocycles. The van der Waals surface area contributed by atoms with E-state index in [4.69, 9.17) is 15.2 Å². The third-order valence-corrected chi connectivity index (χ3v) is 3.30. The number of hydrogen-bond donors (Lipinski definition) is 2. The molecule has 0 bridgehead atoms. The maximum absolute atomic E-state index is 11.8. The van der Waals surface area contributed by atoms with Gasteiger partial charge in [-0.3, -0.25) is 9.59 Å². The molecule has 0 fully saturated rings. The van der Waals surface area contributed by atoms with Gasteiger partial charge in [-0.15, -0.1) is 5.10 Å². The molecule has 0 aliphatic rings. The molecule has 0 spiro atoms. The van der Waals surface area contributed by atoms with Gasteiger partial charge in [0.15, 0.2) is 18.1 Å². The highest BCUT2D eigenvalue weighted by molar-refractivity contribution is 7.07. The molecule has 0 saturated heterocycles. The lowest BCUT2D eigenvalue weighted by Gasteiger charge is -2.11. The van der Waals surface area contributed by atoms with E-state index in [0.29, 0.717) is 22.9 Å². The lowest BCUT2D eigenvalue weighted by Crippen LogP contribution is -2.22. The van der Waals surface area contributed by atoms with Crippen LogP contribution in [0.3, 0.4) is 0 Å². The zero-order valence-electron chi connectivity index (χ0n) is 11.7. The number of aromatic nitrogens is 2. The zero-order valence-corrected chi connectivity index (χ0v) is 12.6. The second-order valence-corrected chi connectivity index (χ2v) is 4.99. The monoisotopic (exact) mass is 322 g/mol. The number of methoxy groups -OCH3 is 1. The van der Waals surface area contributed by atoms with Crippen LogP contribution in [-0.2, 0) is 11.3 Å². The van der Waals surface area contributed by atoms with Crippen molar-refractivity contribution in [2.24, 2.45) is 5.73 Å². The Labute approximate surface area is 130 Å². The number of nitrogens with one attached hydrogen (secondary N) is 1. The zero-order chi connectivity index (χ0) is 15.9. The minimum absolute atomic E-state index is 0.231. The van der Waals surface area contributed by atoms with E-state index in [9.17, 15) is 9.59 Å². The number of rotatable bonds is 7. The summed E-state index contributed by atoms with van der Waals surface area (Å²) in [6.45, 7) is 0.0774. The van der Waals surface area contributed by atoms with E-state index in [-0.39, 0.29) is 12.5 Å². The van der Waals surface area contributed by atoms with E-state index in [2.05, 4.69) is 14.9 Å². The van der Waals surface area contributed by atoms with Gasteiger partial charge in [-0.2, -0.15) is 0 Å². The molecular formula is C13H14N4O4S. The fourth-order valence-corrected chi connectivity index (χ4v) is 2.06. The number of nitrogens with two attached hydrogens (primary N) is 1. The van der Waals surface area contributed by atoms with Crippen molar-refractivity contribution in [1.29, 1.82) is 0 Å². The fourth-order valence-electron chi connectivity index (χ4n) is 1.63. The molecule has 0 aliphatic heterocycles. The van der Waals surface area contributed by atoms with Gasteiger partial charge in [-0.05, 0) is 29.2 Å². The van der Waals surface area contributed by atoms with Gasteiger partial charge >= 0.3 is 0 Å². The highest BCUT2D eigenvalue weighted by Gasteiger charge is 2.10. The maximum Gasteiger partial charge on any atom is 0.264 e. The molecule has 2 aromatic rings. The largest absolute Gasteiger partial charge is 0.493 e. The van der Waals surface area contributed by atoms with Gasteiger partial charge in [0.2, 0.25) is 0 Å². The average Bonchev–Trinajstić information content (AvgIpc) is 3.05. The van der Waals surface area contributed by atoms with Crippen LogP contribution in [0.25, 0.3) is 0 Å². The number of carbonyl (C=O) groups excluding carboxylic acids is 2. The first-order chi connectivity index (χ1) is 10.6. The summed E-state index contributed by atoms with van der Waals surface area (Å²) in [5.74, 6) is 0.0371. The van der Waals surface area contributed by atoms with Gasteiger partial charge < -0.3 is 20.5 Å². The number of nitrogens with zero attached hydrogens (tertiary/aromatic N) is 2. The van der Waals surface area contributed by atoms with Gasteiger partial charge in [-0.25, -0.2) is 0 Å². The Morgan fingerprint density at radius 2 is 2.18 bits per heavy atom. The van der Waals surface area contributed by atoms with Crippen molar-refractivity contribution in [2.75, 3.05) is 13.7 Å². The molecule has 9 heteroatoms. The van der Waals surface area contributed by atoms with Crippen molar-refractivity contribution in [3.8, 4) is 11.5 Å². The van der Waals surface area contributed by atoms with E-state index in [1.165, 1.54) is 13.3 Å². The molecule has 0 aliphatic carbocycles. The molecule has 8 nitrogen and oxygen atoms in total. The molecule has 116 valence electrons. The summed E-state index contributed by atoms with van der Waals surface area (Å²) in [6, 6.07) is 5.11. The topological polar surface area (TPSA) is 116 Å². The van der Waals surface area contributed by atoms with Crippen molar-refractivity contribution in [2.45, 2.75) is 6.54 Å². The minimum Gasteiger partial charge on any atom is -0.493 e. The van der Waals surface area contributed by atoms with E-state index < -0.39 is 5.91 Å². The lowest BCUT2D eigenvalue weighted by molar-refractivity contribution is -0.119. The summed E-state index contributed by atoms with van der Waals surface area (Å²) in [5.41, 5.74) is 5.84. The van der Waals surface area contributed by atoms with Gasteiger partial charge in [0.05, 0.1) is 13.3 Å². The van der Waals surface area contributed by atoms with Crippen LogP contribution in [0.1, 0.15) is 15.2 Å². The maximum atomic E-state index is 11.8. The van der Waals surface area contributed by atoms with Crippen molar-refractivity contribution in [1.82, 2.24) is 14.9 Å². The molecule has 0 unspecified atom stereocenters. The summed E-state index contributed by atoms with van der Waals surface area (Å²) in [7, 11) is 1.48. The first-order valence-electron chi connectivity index (χ1n) is 6.23. The van der Waals surface area contributed by atoms with Crippen molar-refractivity contribution in [3.63, 3.8) is 0 Å². The van der Waals surface area contributed by atoms with Crippen LogP contribution in [0.4, 0.5) is 0 Å². The van der Waals surface area contributed by atoms with Crippen LogP contribution in [0, 0.1) is 0 Å². The Bertz CT molecular complexity index is 660. The van der Waals surface area contributed by atoms with Crippen LogP contribution in [0.5, 0.6) is 11.5 Å². The van der Waals surface area contributed by atoms with E-state index in [1.54, 1.807) is 18.2 Å². The summed E-state index contributed by atoms with van der Waals surface area (Å²) in [4.78, 5) is 23.0. The predicted molar refractivity (Wildman–Crippen MR) is 78.8 cm³/mol.